The van der Waals surface area contributed by atoms with Crippen LogP contribution in [0.4, 0.5) is 0 Å². The molecule has 5 nitrogen and oxygen atoms in total. The second kappa shape index (κ2) is 6.85. The number of hydrogen-bond acceptors (Lipinski definition) is 5. The maximum atomic E-state index is 5.94. The van der Waals surface area contributed by atoms with Gasteiger partial charge in [0, 0.05) is 22.5 Å². The van der Waals surface area contributed by atoms with Crippen LogP contribution in [-0.4, -0.2) is 10.1 Å². The van der Waals surface area contributed by atoms with Crippen molar-refractivity contribution in [1.82, 2.24) is 10.1 Å². The molecule has 0 amide bonds. The predicted molar refractivity (Wildman–Crippen MR) is 79.4 cm³/mol. The largest absolute Gasteiger partial charge is 0.483 e. The number of benzene rings is 1. The number of halogens is 1. The molecule has 6 heteroatoms. The monoisotopic (exact) mass is 339 g/mol. The third-order valence-corrected chi connectivity index (χ3v) is 3.29. The lowest BCUT2D eigenvalue weighted by Crippen LogP contribution is -2.08. The van der Waals surface area contributed by atoms with Crippen molar-refractivity contribution in [3.8, 4) is 5.75 Å². The molecular formula is C14H18BrN3O2. The first-order valence-electron chi connectivity index (χ1n) is 6.59. The Kier molecular flexibility index (Phi) is 5.14. The number of nitrogens with zero attached hydrogens (tertiary/aromatic N) is 2. The van der Waals surface area contributed by atoms with Crippen LogP contribution in [0.15, 0.2) is 27.2 Å². The summed E-state index contributed by atoms with van der Waals surface area (Å²) in [6.45, 7) is 4.24. The van der Waals surface area contributed by atoms with E-state index in [1.165, 1.54) is 0 Å². The molecule has 2 aromatic rings. The van der Waals surface area contributed by atoms with Crippen LogP contribution in [0.5, 0.6) is 5.75 Å². The fourth-order valence-electron chi connectivity index (χ4n) is 1.82. The van der Waals surface area contributed by atoms with Gasteiger partial charge in [0.15, 0.2) is 12.4 Å². The first kappa shape index (κ1) is 15.0. The minimum Gasteiger partial charge on any atom is -0.483 e. The van der Waals surface area contributed by atoms with Crippen molar-refractivity contribution in [2.24, 2.45) is 5.73 Å². The van der Waals surface area contributed by atoms with E-state index < -0.39 is 0 Å². The average molecular weight is 340 g/mol. The molecule has 2 rings (SSSR count). The third-order valence-electron chi connectivity index (χ3n) is 2.80. The maximum absolute atomic E-state index is 5.94. The van der Waals surface area contributed by atoms with Crippen LogP contribution in [0, 0.1) is 0 Å². The minimum absolute atomic E-state index is 0.110. The van der Waals surface area contributed by atoms with Crippen molar-refractivity contribution in [3.05, 3.63) is 40.0 Å². The molecule has 20 heavy (non-hydrogen) atoms. The molecule has 2 N–H and O–H groups in total. The summed E-state index contributed by atoms with van der Waals surface area (Å²) in [6.07, 6.45) is 1.80. The van der Waals surface area contributed by atoms with Crippen LogP contribution < -0.4 is 10.5 Å². The van der Waals surface area contributed by atoms with Gasteiger partial charge >= 0.3 is 0 Å². The molecule has 108 valence electrons. The molecule has 0 aliphatic carbocycles. The summed E-state index contributed by atoms with van der Waals surface area (Å²) in [4.78, 5) is 4.26. The number of rotatable bonds is 6. The predicted octanol–water partition coefficient (Wildman–Crippen LogP) is 3.38. The van der Waals surface area contributed by atoms with Gasteiger partial charge in [0.05, 0.1) is 0 Å². The lowest BCUT2D eigenvalue weighted by molar-refractivity contribution is 0.240. The Morgan fingerprint density at radius 1 is 1.45 bits per heavy atom. The van der Waals surface area contributed by atoms with Crippen LogP contribution >= 0.6 is 15.9 Å². The van der Waals surface area contributed by atoms with Gasteiger partial charge in [-0.05, 0) is 31.5 Å². The molecule has 0 bridgehead atoms. The molecule has 0 saturated carbocycles. The highest BCUT2D eigenvalue weighted by Gasteiger charge is 2.11. The first-order chi connectivity index (χ1) is 9.60. The molecule has 0 saturated heterocycles. The summed E-state index contributed by atoms with van der Waals surface area (Å²) in [5.41, 5.74) is 6.88. The molecule has 0 radical (unpaired) electrons. The van der Waals surface area contributed by atoms with Gasteiger partial charge in [0.2, 0.25) is 0 Å². The molecular weight excluding hydrogens is 322 g/mol. The van der Waals surface area contributed by atoms with Crippen molar-refractivity contribution < 1.29 is 9.26 Å². The quantitative estimate of drug-likeness (QED) is 0.873. The van der Waals surface area contributed by atoms with E-state index in [4.69, 9.17) is 15.0 Å². The summed E-state index contributed by atoms with van der Waals surface area (Å²) in [6, 6.07) is 5.64. The van der Waals surface area contributed by atoms with Gasteiger partial charge < -0.3 is 15.0 Å². The number of hydrogen-bond donors (Lipinski definition) is 1. The fraction of sp³-hybridized carbons (Fsp3) is 0.429. The van der Waals surface area contributed by atoms with Crippen LogP contribution in [0.2, 0.25) is 0 Å². The maximum Gasteiger partial charge on any atom is 0.264 e. The van der Waals surface area contributed by atoms with Crippen molar-refractivity contribution >= 4 is 15.9 Å². The highest BCUT2D eigenvalue weighted by atomic mass is 79.9. The highest BCUT2D eigenvalue weighted by Crippen LogP contribution is 2.28. The lowest BCUT2D eigenvalue weighted by atomic mass is 10.1. The zero-order chi connectivity index (χ0) is 14.5. The molecule has 1 aromatic carbocycles. The summed E-state index contributed by atoms with van der Waals surface area (Å²) >= 11 is 3.43. The molecule has 0 fully saturated rings. The summed E-state index contributed by atoms with van der Waals surface area (Å²) in [5, 5.41) is 3.89. The van der Waals surface area contributed by atoms with Crippen LogP contribution in [0.3, 0.4) is 0 Å². The molecule has 1 atom stereocenters. The Morgan fingerprint density at radius 2 is 2.25 bits per heavy atom. The van der Waals surface area contributed by atoms with Gasteiger partial charge in [0.25, 0.3) is 5.89 Å². The Balaban J connectivity index is 2.06. The molecule has 0 aliphatic rings. The van der Waals surface area contributed by atoms with E-state index in [9.17, 15) is 0 Å². The summed E-state index contributed by atoms with van der Waals surface area (Å²) < 4.78 is 11.8. The molecule has 1 heterocycles. The van der Waals surface area contributed by atoms with Gasteiger partial charge in [-0.1, -0.05) is 28.0 Å². The number of ether oxygens (including phenoxy) is 1. The van der Waals surface area contributed by atoms with Crippen molar-refractivity contribution in [3.63, 3.8) is 0 Å². The molecule has 0 aliphatic heterocycles. The topological polar surface area (TPSA) is 74.2 Å². The Bertz CT molecular complexity index is 569. The van der Waals surface area contributed by atoms with E-state index in [0.717, 1.165) is 28.6 Å². The van der Waals surface area contributed by atoms with E-state index in [1.807, 2.05) is 25.1 Å². The van der Waals surface area contributed by atoms with Crippen LogP contribution in [0.1, 0.15) is 43.6 Å². The SMILES string of the molecule is CCCc1noc(COc2ccc(Br)cc2[C@@H](C)N)n1. The third kappa shape index (κ3) is 3.80. The van der Waals surface area contributed by atoms with Gasteiger partial charge in [-0.25, -0.2) is 0 Å². The highest BCUT2D eigenvalue weighted by molar-refractivity contribution is 9.10. The molecule has 1 aromatic heterocycles. The van der Waals surface area contributed by atoms with E-state index >= 15 is 0 Å². The first-order valence-corrected chi connectivity index (χ1v) is 7.38. The van der Waals surface area contributed by atoms with Crippen molar-refractivity contribution in [2.45, 2.75) is 39.3 Å². The summed E-state index contributed by atoms with van der Waals surface area (Å²) in [7, 11) is 0. The Morgan fingerprint density at radius 3 is 2.95 bits per heavy atom. The molecule has 0 spiro atoms. The standard InChI is InChI=1S/C14H18BrN3O2/c1-3-4-13-17-14(20-18-13)8-19-12-6-5-10(15)7-11(12)9(2)16/h5-7,9H,3-4,8,16H2,1-2H3/t9-/m1/s1. The van der Waals surface area contributed by atoms with Crippen LogP contribution in [0.25, 0.3) is 0 Å². The van der Waals surface area contributed by atoms with Crippen molar-refractivity contribution in [2.75, 3.05) is 0 Å². The van der Waals surface area contributed by atoms with E-state index in [-0.39, 0.29) is 12.6 Å². The van der Waals surface area contributed by atoms with E-state index in [1.54, 1.807) is 0 Å². The number of aryl methyl sites for hydroxylation is 1. The normalized spacial score (nSPS) is 12.4. The fourth-order valence-corrected chi connectivity index (χ4v) is 2.20. The number of aromatic nitrogens is 2. The van der Waals surface area contributed by atoms with Crippen molar-refractivity contribution in [1.29, 1.82) is 0 Å². The zero-order valence-corrected chi connectivity index (χ0v) is 13.2. The van der Waals surface area contributed by atoms with E-state index in [0.29, 0.717) is 11.7 Å². The molecule has 0 unspecified atom stereocenters. The Labute approximate surface area is 126 Å². The van der Waals surface area contributed by atoms with Gasteiger partial charge in [-0.3, -0.25) is 0 Å². The smallest absolute Gasteiger partial charge is 0.264 e. The second-order valence-corrected chi connectivity index (χ2v) is 5.53. The van der Waals surface area contributed by atoms with Gasteiger partial charge in [-0.2, -0.15) is 4.98 Å². The second-order valence-electron chi connectivity index (χ2n) is 4.61. The number of nitrogens with two attached hydrogens (primary N) is 1. The average Bonchev–Trinajstić information content (AvgIpc) is 2.85. The van der Waals surface area contributed by atoms with Gasteiger partial charge in [0.1, 0.15) is 5.75 Å². The minimum atomic E-state index is -0.110. The van der Waals surface area contributed by atoms with Gasteiger partial charge in [-0.15, -0.1) is 0 Å². The summed E-state index contributed by atoms with van der Waals surface area (Å²) in [5.74, 6) is 1.93. The zero-order valence-electron chi connectivity index (χ0n) is 11.6. The van der Waals surface area contributed by atoms with E-state index in [2.05, 4.69) is 33.0 Å². The van der Waals surface area contributed by atoms with Crippen LogP contribution in [-0.2, 0) is 13.0 Å². The lowest BCUT2D eigenvalue weighted by Gasteiger charge is -2.13. The Hall–Kier alpha value is -1.40.